The molecule has 0 aliphatic carbocycles. The standard InChI is InChI=1S/C17H15N3O3/c1-23-12-4-5-15-13(7-12)16(14(10-19-15)17(21)22)20-9-11-3-2-6-18-8-11/h2-8,10H,9H2,1H3,(H,19,20)(H,21,22). The van der Waals surface area contributed by atoms with Crippen LogP contribution < -0.4 is 10.1 Å². The fourth-order valence-electron chi connectivity index (χ4n) is 2.34. The van der Waals surface area contributed by atoms with Crippen LogP contribution in [0.5, 0.6) is 5.75 Å². The monoisotopic (exact) mass is 309 g/mol. The van der Waals surface area contributed by atoms with Crippen molar-refractivity contribution in [1.82, 2.24) is 9.97 Å². The molecule has 2 heterocycles. The number of rotatable bonds is 5. The molecule has 3 aromatic rings. The summed E-state index contributed by atoms with van der Waals surface area (Å²) in [4.78, 5) is 19.8. The van der Waals surface area contributed by atoms with Gasteiger partial charge in [0.2, 0.25) is 0 Å². The lowest BCUT2D eigenvalue weighted by atomic mass is 10.1. The van der Waals surface area contributed by atoms with Crippen LogP contribution in [0.4, 0.5) is 5.69 Å². The van der Waals surface area contributed by atoms with E-state index in [1.54, 1.807) is 37.7 Å². The number of aromatic carboxylic acids is 1. The van der Waals surface area contributed by atoms with Crippen LogP contribution in [0.25, 0.3) is 10.9 Å². The number of hydrogen-bond donors (Lipinski definition) is 2. The molecule has 0 saturated heterocycles. The second-order valence-electron chi connectivity index (χ2n) is 4.95. The van der Waals surface area contributed by atoms with Gasteiger partial charge in [-0.2, -0.15) is 0 Å². The lowest BCUT2D eigenvalue weighted by molar-refractivity contribution is 0.0697. The molecule has 2 aromatic heterocycles. The number of nitrogens with zero attached hydrogens (tertiary/aromatic N) is 2. The number of hydrogen-bond acceptors (Lipinski definition) is 5. The minimum absolute atomic E-state index is 0.120. The molecular formula is C17H15N3O3. The Morgan fingerprint density at radius 2 is 2.17 bits per heavy atom. The van der Waals surface area contributed by atoms with E-state index in [1.807, 2.05) is 12.1 Å². The van der Waals surface area contributed by atoms with Crippen LogP contribution in [0.15, 0.2) is 48.9 Å². The molecule has 0 atom stereocenters. The van der Waals surface area contributed by atoms with E-state index in [1.165, 1.54) is 6.20 Å². The molecule has 0 bridgehead atoms. The van der Waals surface area contributed by atoms with Crippen molar-refractivity contribution in [1.29, 1.82) is 0 Å². The van der Waals surface area contributed by atoms with Crippen molar-refractivity contribution < 1.29 is 14.6 Å². The molecule has 0 saturated carbocycles. The van der Waals surface area contributed by atoms with Crippen LogP contribution in [0.1, 0.15) is 15.9 Å². The van der Waals surface area contributed by atoms with Crippen LogP contribution in [0.2, 0.25) is 0 Å². The number of benzene rings is 1. The van der Waals surface area contributed by atoms with Crippen molar-refractivity contribution in [3.05, 3.63) is 60.0 Å². The Hall–Kier alpha value is -3.15. The molecule has 6 heteroatoms. The van der Waals surface area contributed by atoms with E-state index < -0.39 is 5.97 Å². The van der Waals surface area contributed by atoms with Crippen molar-refractivity contribution in [2.45, 2.75) is 6.54 Å². The fraction of sp³-hybridized carbons (Fsp3) is 0.118. The maximum absolute atomic E-state index is 11.5. The highest BCUT2D eigenvalue weighted by atomic mass is 16.5. The third-order valence-electron chi connectivity index (χ3n) is 3.50. The summed E-state index contributed by atoms with van der Waals surface area (Å²) in [5, 5.41) is 13.3. The number of fused-ring (bicyclic) bond motifs is 1. The van der Waals surface area contributed by atoms with Crippen LogP contribution in [-0.4, -0.2) is 28.2 Å². The Bertz CT molecular complexity index is 850. The molecule has 0 spiro atoms. The average molecular weight is 309 g/mol. The fourth-order valence-corrected chi connectivity index (χ4v) is 2.34. The molecule has 0 fully saturated rings. The van der Waals surface area contributed by atoms with Crippen molar-refractivity contribution in [2.75, 3.05) is 12.4 Å². The predicted molar refractivity (Wildman–Crippen MR) is 86.8 cm³/mol. The van der Waals surface area contributed by atoms with Crippen molar-refractivity contribution in [3.8, 4) is 5.75 Å². The zero-order valence-electron chi connectivity index (χ0n) is 12.5. The Morgan fingerprint density at radius 1 is 1.30 bits per heavy atom. The van der Waals surface area contributed by atoms with E-state index in [0.717, 1.165) is 5.56 Å². The number of methoxy groups -OCH3 is 1. The van der Waals surface area contributed by atoms with Crippen LogP contribution in [0, 0.1) is 0 Å². The van der Waals surface area contributed by atoms with Gasteiger partial charge >= 0.3 is 5.97 Å². The highest BCUT2D eigenvalue weighted by molar-refractivity contribution is 6.04. The van der Waals surface area contributed by atoms with E-state index >= 15 is 0 Å². The molecule has 6 nitrogen and oxygen atoms in total. The summed E-state index contributed by atoms with van der Waals surface area (Å²) in [7, 11) is 1.57. The molecule has 23 heavy (non-hydrogen) atoms. The highest BCUT2D eigenvalue weighted by Gasteiger charge is 2.15. The third kappa shape index (κ3) is 3.06. The normalized spacial score (nSPS) is 10.5. The van der Waals surface area contributed by atoms with Gasteiger partial charge in [-0.05, 0) is 29.8 Å². The number of carbonyl (C=O) groups is 1. The molecule has 0 aliphatic heterocycles. The predicted octanol–water partition coefficient (Wildman–Crippen LogP) is 2.95. The first-order valence-corrected chi connectivity index (χ1v) is 7.02. The van der Waals surface area contributed by atoms with Gasteiger partial charge in [-0.25, -0.2) is 4.79 Å². The second kappa shape index (κ2) is 6.31. The van der Waals surface area contributed by atoms with E-state index in [2.05, 4.69) is 15.3 Å². The summed E-state index contributed by atoms with van der Waals surface area (Å²) in [6.45, 7) is 0.463. The van der Waals surface area contributed by atoms with Crippen LogP contribution >= 0.6 is 0 Å². The summed E-state index contributed by atoms with van der Waals surface area (Å²) in [6.07, 6.45) is 4.79. The van der Waals surface area contributed by atoms with Gasteiger partial charge < -0.3 is 15.2 Å². The lowest BCUT2D eigenvalue weighted by Gasteiger charge is -2.13. The quantitative estimate of drug-likeness (QED) is 0.754. The number of pyridine rings is 2. The van der Waals surface area contributed by atoms with Crippen molar-refractivity contribution in [2.24, 2.45) is 0 Å². The Balaban J connectivity index is 2.06. The number of aromatic nitrogens is 2. The molecule has 0 unspecified atom stereocenters. The SMILES string of the molecule is COc1ccc2ncc(C(=O)O)c(NCc3cccnc3)c2c1. The van der Waals surface area contributed by atoms with Gasteiger partial charge in [0.15, 0.2) is 0 Å². The Kier molecular flexibility index (Phi) is 4.05. The Morgan fingerprint density at radius 3 is 2.87 bits per heavy atom. The van der Waals surface area contributed by atoms with E-state index in [0.29, 0.717) is 28.9 Å². The minimum atomic E-state index is -1.03. The zero-order valence-corrected chi connectivity index (χ0v) is 12.5. The first-order chi connectivity index (χ1) is 11.2. The summed E-state index contributed by atoms with van der Waals surface area (Å²) < 4.78 is 5.23. The van der Waals surface area contributed by atoms with E-state index in [-0.39, 0.29) is 5.56 Å². The first-order valence-electron chi connectivity index (χ1n) is 7.02. The molecule has 116 valence electrons. The minimum Gasteiger partial charge on any atom is -0.497 e. The van der Waals surface area contributed by atoms with E-state index in [4.69, 9.17) is 4.74 Å². The van der Waals surface area contributed by atoms with Gasteiger partial charge in [-0.3, -0.25) is 9.97 Å². The molecule has 1 aromatic carbocycles. The topological polar surface area (TPSA) is 84.3 Å². The van der Waals surface area contributed by atoms with Crippen LogP contribution in [0.3, 0.4) is 0 Å². The number of carboxylic acids is 1. The van der Waals surface area contributed by atoms with Gasteiger partial charge in [0.05, 0.1) is 18.3 Å². The summed E-state index contributed by atoms with van der Waals surface area (Å²) in [5.74, 6) is -0.387. The number of anilines is 1. The lowest BCUT2D eigenvalue weighted by Crippen LogP contribution is -2.08. The van der Waals surface area contributed by atoms with Gasteiger partial charge in [-0.15, -0.1) is 0 Å². The average Bonchev–Trinajstić information content (AvgIpc) is 2.59. The molecule has 2 N–H and O–H groups in total. The molecule has 3 rings (SSSR count). The third-order valence-corrected chi connectivity index (χ3v) is 3.50. The van der Waals surface area contributed by atoms with Crippen molar-refractivity contribution >= 4 is 22.6 Å². The van der Waals surface area contributed by atoms with E-state index in [9.17, 15) is 9.90 Å². The molecule has 0 radical (unpaired) electrons. The first kappa shape index (κ1) is 14.8. The maximum atomic E-state index is 11.5. The number of nitrogens with one attached hydrogen (secondary N) is 1. The molecular weight excluding hydrogens is 294 g/mol. The highest BCUT2D eigenvalue weighted by Crippen LogP contribution is 2.29. The molecule has 0 amide bonds. The van der Waals surface area contributed by atoms with Gasteiger partial charge in [0.25, 0.3) is 0 Å². The summed E-state index contributed by atoms with van der Waals surface area (Å²) in [5.41, 5.74) is 2.29. The van der Waals surface area contributed by atoms with Gasteiger partial charge in [0.1, 0.15) is 11.3 Å². The van der Waals surface area contributed by atoms with Crippen molar-refractivity contribution in [3.63, 3.8) is 0 Å². The van der Waals surface area contributed by atoms with Gasteiger partial charge in [0, 0.05) is 30.5 Å². The smallest absolute Gasteiger partial charge is 0.339 e. The summed E-state index contributed by atoms with van der Waals surface area (Å²) in [6, 6.07) is 9.13. The second-order valence-corrected chi connectivity index (χ2v) is 4.95. The summed E-state index contributed by atoms with van der Waals surface area (Å²) >= 11 is 0. The number of ether oxygens (including phenoxy) is 1. The molecule has 0 aliphatic rings. The maximum Gasteiger partial charge on any atom is 0.339 e. The Labute approximate surface area is 132 Å². The van der Waals surface area contributed by atoms with Crippen LogP contribution in [-0.2, 0) is 6.54 Å². The van der Waals surface area contributed by atoms with Gasteiger partial charge in [-0.1, -0.05) is 6.07 Å². The largest absolute Gasteiger partial charge is 0.497 e. The number of carboxylic acid groups (broad SMARTS) is 1. The zero-order chi connectivity index (χ0) is 16.2.